The zero-order valence-corrected chi connectivity index (χ0v) is 10.0. The number of nitrogens with two attached hydrogens (primary N) is 1. The van der Waals surface area contributed by atoms with Crippen molar-refractivity contribution in [2.24, 2.45) is 5.73 Å². The van der Waals surface area contributed by atoms with E-state index < -0.39 is 17.1 Å². The van der Waals surface area contributed by atoms with Gasteiger partial charge in [0.05, 0.1) is 13.1 Å². The molecule has 0 aliphatic carbocycles. The van der Waals surface area contributed by atoms with E-state index in [1.165, 1.54) is 12.2 Å². The van der Waals surface area contributed by atoms with Crippen molar-refractivity contribution in [3.8, 4) is 0 Å². The third-order valence-electron chi connectivity index (χ3n) is 2.36. The zero-order valence-electron chi connectivity index (χ0n) is 10.0. The SMILES string of the molecule is C=CCn1c(=O)n(CC=C)c(=O)n(CCN)c1=O. The number of aromatic nitrogens is 3. The van der Waals surface area contributed by atoms with Gasteiger partial charge in [-0.1, -0.05) is 12.2 Å². The molecule has 7 nitrogen and oxygen atoms in total. The topological polar surface area (TPSA) is 92.0 Å². The van der Waals surface area contributed by atoms with E-state index >= 15 is 0 Å². The monoisotopic (exact) mass is 252 g/mol. The average Bonchev–Trinajstić information content (AvgIpc) is 2.35. The fourth-order valence-corrected chi connectivity index (χ4v) is 1.57. The van der Waals surface area contributed by atoms with Gasteiger partial charge in [0.25, 0.3) is 0 Å². The molecule has 0 bridgehead atoms. The zero-order chi connectivity index (χ0) is 13.7. The lowest BCUT2D eigenvalue weighted by molar-refractivity contribution is 0.482. The Morgan fingerprint density at radius 1 is 0.889 bits per heavy atom. The molecule has 7 heteroatoms. The summed E-state index contributed by atoms with van der Waals surface area (Å²) < 4.78 is 2.81. The third kappa shape index (κ3) is 2.40. The van der Waals surface area contributed by atoms with E-state index in [9.17, 15) is 14.4 Å². The fourth-order valence-electron chi connectivity index (χ4n) is 1.57. The molecule has 0 radical (unpaired) electrons. The summed E-state index contributed by atoms with van der Waals surface area (Å²) in [5, 5.41) is 0. The van der Waals surface area contributed by atoms with Crippen LogP contribution in [0.2, 0.25) is 0 Å². The highest BCUT2D eigenvalue weighted by Gasteiger charge is 2.12. The van der Waals surface area contributed by atoms with Gasteiger partial charge in [0.1, 0.15) is 0 Å². The van der Waals surface area contributed by atoms with Crippen LogP contribution in [0.3, 0.4) is 0 Å². The van der Waals surface area contributed by atoms with Crippen molar-refractivity contribution in [2.45, 2.75) is 19.6 Å². The molecule has 0 unspecified atom stereocenters. The highest BCUT2D eigenvalue weighted by atomic mass is 16.2. The van der Waals surface area contributed by atoms with Crippen LogP contribution in [0.1, 0.15) is 0 Å². The smallest absolute Gasteiger partial charge is 0.329 e. The van der Waals surface area contributed by atoms with E-state index in [2.05, 4.69) is 13.2 Å². The number of allylic oxidation sites excluding steroid dienone is 2. The van der Waals surface area contributed by atoms with Gasteiger partial charge in [0.15, 0.2) is 0 Å². The maximum atomic E-state index is 11.9. The van der Waals surface area contributed by atoms with Gasteiger partial charge in [-0.15, -0.1) is 13.2 Å². The minimum Gasteiger partial charge on any atom is -0.329 e. The summed E-state index contributed by atoms with van der Waals surface area (Å²) in [5.41, 5.74) is 3.34. The Kier molecular flexibility index (Phi) is 4.61. The van der Waals surface area contributed by atoms with Gasteiger partial charge in [-0.3, -0.25) is 0 Å². The van der Waals surface area contributed by atoms with Crippen molar-refractivity contribution < 1.29 is 0 Å². The van der Waals surface area contributed by atoms with Crippen LogP contribution in [0.15, 0.2) is 39.7 Å². The minimum atomic E-state index is -0.671. The van der Waals surface area contributed by atoms with Crippen LogP contribution >= 0.6 is 0 Å². The van der Waals surface area contributed by atoms with Crippen molar-refractivity contribution >= 4 is 0 Å². The van der Waals surface area contributed by atoms with Gasteiger partial charge in [-0.25, -0.2) is 28.1 Å². The molecular formula is C11H16N4O3. The largest absolute Gasteiger partial charge is 0.336 e. The summed E-state index contributed by atoms with van der Waals surface area (Å²) in [6.07, 6.45) is 2.83. The summed E-state index contributed by atoms with van der Waals surface area (Å²) in [5.74, 6) is 0. The van der Waals surface area contributed by atoms with Crippen LogP contribution in [0.5, 0.6) is 0 Å². The van der Waals surface area contributed by atoms with Crippen LogP contribution in [-0.2, 0) is 19.6 Å². The third-order valence-corrected chi connectivity index (χ3v) is 2.36. The van der Waals surface area contributed by atoms with Crippen LogP contribution in [0, 0.1) is 0 Å². The molecule has 1 rings (SSSR count). The first-order chi connectivity index (χ1) is 8.58. The Labute approximate surface area is 103 Å². The van der Waals surface area contributed by atoms with Crippen molar-refractivity contribution in [1.82, 2.24) is 13.7 Å². The molecule has 98 valence electrons. The van der Waals surface area contributed by atoms with E-state index in [-0.39, 0.29) is 26.2 Å². The van der Waals surface area contributed by atoms with Gasteiger partial charge >= 0.3 is 17.1 Å². The molecule has 0 aliphatic rings. The maximum Gasteiger partial charge on any atom is 0.336 e. The van der Waals surface area contributed by atoms with Crippen LogP contribution in [0.25, 0.3) is 0 Å². The van der Waals surface area contributed by atoms with E-state index in [1.54, 1.807) is 0 Å². The lowest BCUT2D eigenvalue weighted by Crippen LogP contribution is -2.54. The quantitative estimate of drug-likeness (QED) is 0.624. The number of rotatable bonds is 6. The highest BCUT2D eigenvalue weighted by molar-refractivity contribution is 4.84. The molecule has 1 aromatic heterocycles. The molecule has 1 heterocycles. The fraction of sp³-hybridized carbons (Fsp3) is 0.364. The van der Waals surface area contributed by atoms with E-state index in [0.29, 0.717) is 0 Å². The second-order valence-electron chi connectivity index (χ2n) is 3.59. The second kappa shape index (κ2) is 5.97. The van der Waals surface area contributed by atoms with Gasteiger partial charge in [0.2, 0.25) is 0 Å². The summed E-state index contributed by atoms with van der Waals surface area (Å²) >= 11 is 0. The normalized spacial score (nSPS) is 10.3. The lowest BCUT2D eigenvalue weighted by atomic mass is 10.5. The Bertz CT molecular complexity index is 572. The average molecular weight is 252 g/mol. The van der Waals surface area contributed by atoms with Crippen LogP contribution < -0.4 is 22.8 Å². The Morgan fingerprint density at radius 3 is 1.61 bits per heavy atom. The van der Waals surface area contributed by atoms with Gasteiger partial charge in [-0.2, -0.15) is 0 Å². The molecule has 0 atom stereocenters. The molecule has 2 N–H and O–H groups in total. The molecule has 0 fully saturated rings. The minimum absolute atomic E-state index is 0.0413. The molecule has 0 aromatic carbocycles. The standard InChI is InChI=1S/C11H16N4O3/c1-3-6-13-9(16)14(7-4-2)11(18)15(8-5-12)10(13)17/h3-4H,1-2,5-8,12H2. The number of nitrogens with zero attached hydrogens (tertiary/aromatic N) is 3. The molecular weight excluding hydrogens is 236 g/mol. The molecule has 1 aromatic rings. The molecule has 0 saturated carbocycles. The molecule has 18 heavy (non-hydrogen) atoms. The maximum absolute atomic E-state index is 11.9. The summed E-state index contributed by atoms with van der Waals surface area (Å²) in [6.45, 7) is 7.22. The summed E-state index contributed by atoms with van der Waals surface area (Å²) in [7, 11) is 0. The van der Waals surface area contributed by atoms with E-state index in [0.717, 1.165) is 13.7 Å². The highest BCUT2D eigenvalue weighted by Crippen LogP contribution is 1.78. The van der Waals surface area contributed by atoms with Gasteiger partial charge in [-0.05, 0) is 0 Å². The Balaban J connectivity index is 3.69. The second-order valence-corrected chi connectivity index (χ2v) is 3.59. The summed E-state index contributed by atoms with van der Waals surface area (Å²) in [4.78, 5) is 35.8. The summed E-state index contributed by atoms with van der Waals surface area (Å²) in [6, 6.07) is 0. The Hall–Kier alpha value is -2.15. The lowest BCUT2D eigenvalue weighted by Gasteiger charge is -2.11. The van der Waals surface area contributed by atoms with E-state index in [4.69, 9.17) is 5.73 Å². The number of hydrogen-bond donors (Lipinski definition) is 1. The van der Waals surface area contributed by atoms with Crippen molar-refractivity contribution in [3.05, 3.63) is 56.8 Å². The molecule has 0 amide bonds. The molecule has 0 saturated heterocycles. The van der Waals surface area contributed by atoms with Gasteiger partial charge in [0, 0.05) is 13.1 Å². The van der Waals surface area contributed by atoms with Crippen LogP contribution in [0.4, 0.5) is 0 Å². The van der Waals surface area contributed by atoms with Gasteiger partial charge < -0.3 is 5.73 Å². The molecule has 0 spiro atoms. The number of hydrogen-bond acceptors (Lipinski definition) is 4. The predicted molar refractivity (Wildman–Crippen MR) is 68.7 cm³/mol. The first-order valence-electron chi connectivity index (χ1n) is 5.44. The van der Waals surface area contributed by atoms with E-state index in [1.807, 2.05) is 0 Å². The van der Waals surface area contributed by atoms with Crippen molar-refractivity contribution in [1.29, 1.82) is 0 Å². The molecule has 0 aliphatic heterocycles. The van der Waals surface area contributed by atoms with Crippen molar-refractivity contribution in [3.63, 3.8) is 0 Å². The van der Waals surface area contributed by atoms with Crippen molar-refractivity contribution in [2.75, 3.05) is 6.54 Å². The first-order valence-corrected chi connectivity index (χ1v) is 5.44. The van der Waals surface area contributed by atoms with Crippen LogP contribution in [-0.4, -0.2) is 20.2 Å². The first kappa shape index (κ1) is 13.9. The Morgan fingerprint density at radius 2 is 1.28 bits per heavy atom. The predicted octanol–water partition coefficient (Wildman–Crippen LogP) is -1.50.